The van der Waals surface area contributed by atoms with Gasteiger partial charge in [-0.1, -0.05) is 35.1 Å². The molecule has 74 valence electrons. The highest BCUT2D eigenvalue weighted by Gasteiger charge is 1.96. The SMILES string of the molecule is C.CC.CC(C)c1cncs1.S. The maximum atomic E-state index is 3.96. The Bertz CT molecular complexity index is 148. The van der Waals surface area contributed by atoms with E-state index in [9.17, 15) is 0 Å². The summed E-state index contributed by atoms with van der Waals surface area (Å²) >= 11 is 1.72. The Morgan fingerprint density at radius 2 is 1.83 bits per heavy atom. The smallest absolute Gasteiger partial charge is 0.0794 e. The first-order valence-electron chi connectivity index (χ1n) is 3.69. The lowest BCUT2D eigenvalue weighted by atomic mass is 10.2. The van der Waals surface area contributed by atoms with E-state index < -0.39 is 0 Å². The highest BCUT2D eigenvalue weighted by Crippen LogP contribution is 2.16. The predicted molar refractivity (Wildman–Crippen MR) is 64.7 cm³/mol. The van der Waals surface area contributed by atoms with Gasteiger partial charge in [0.15, 0.2) is 0 Å². The summed E-state index contributed by atoms with van der Waals surface area (Å²) in [7, 11) is 0. The molecule has 0 amide bonds. The van der Waals surface area contributed by atoms with Crippen molar-refractivity contribution in [2.24, 2.45) is 0 Å². The van der Waals surface area contributed by atoms with Crippen molar-refractivity contribution in [2.75, 3.05) is 0 Å². The number of hydrogen-bond acceptors (Lipinski definition) is 2. The molecule has 0 bridgehead atoms. The van der Waals surface area contributed by atoms with Crippen LogP contribution >= 0.6 is 24.8 Å². The van der Waals surface area contributed by atoms with Gasteiger partial charge in [0.1, 0.15) is 0 Å². The molecule has 3 heteroatoms. The Balaban J connectivity index is -0.000000189. The molecule has 1 aromatic rings. The first kappa shape index (κ1) is 17.9. The topological polar surface area (TPSA) is 12.9 Å². The highest BCUT2D eigenvalue weighted by molar-refractivity contribution is 7.59. The molecular weight excluding hydrogens is 186 g/mol. The third-order valence-electron chi connectivity index (χ3n) is 1.02. The van der Waals surface area contributed by atoms with E-state index in [1.54, 1.807) is 11.3 Å². The number of hydrogen-bond donors (Lipinski definition) is 0. The van der Waals surface area contributed by atoms with E-state index in [1.165, 1.54) is 4.88 Å². The van der Waals surface area contributed by atoms with Gasteiger partial charge in [-0.05, 0) is 5.92 Å². The average Bonchev–Trinajstić information content (AvgIpc) is 2.42. The van der Waals surface area contributed by atoms with Crippen LogP contribution in [-0.2, 0) is 0 Å². The van der Waals surface area contributed by atoms with E-state index >= 15 is 0 Å². The van der Waals surface area contributed by atoms with Crippen molar-refractivity contribution in [3.8, 4) is 0 Å². The highest BCUT2D eigenvalue weighted by atomic mass is 32.1. The molecule has 1 aromatic heterocycles. The van der Waals surface area contributed by atoms with Crippen LogP contribution in [0.15, 0.2) is 11.7 Å². The molecule has 0 fully saturated rings. The lowest BCUT2D eigenvalue weighted by Gasteiger charge is -1.94. The monoisotopic (exact) mass is 207 g/mol. The standard InChI is InChI=1S/C6H9NS.C2H6.CH4.H2S/c1-5(2)6-3-7-4-8-6;1-2;;/h3-5H,1-2H3;1-2H3;1H4;1H2. The Kier molecular flexibility index (Phi) is 16.4. The Hall–Kier alpha value is -0.0200. The van der Waals surface area contributed by atoms with Crippen molar-refractivity contribution in [1.29, 1.82) is 0 Å². The van der Waals surface area contributed by atoms with E-state index in [1.807, 2.05) is 25.6 Å². The third kappa shape index (κ3) is 6.68. The molecule has 1 rings (SSSR count). The van der Waals surface area contributed by atoms with Crippen molar-refractivity contribution in [2.45, 2.75) is 41.0 Å². The summed E-state index contributed by atoms with van der Waals surface area (Å²) in [5.74, 6) is 0.641. The molecule has 1 nitrogen and oxygen atoms in total. The fourth-order valence-electron chi connectivity index (χ4n) is 0.511. The van der Waals surface area contributed by atoms with Crippen LogP contribution < -0.4 is 0 Å². The molecule has 0 unspecified atom stereocenters. The van der Waals surface area contributed by atoms with Crippen LogP contribution in [0.3, 0.4) is 0 Å². The number of aromatic nitrogens is 1. The second-order valence-corrected chi connectivity index (χ2v) is 2.98. The van der Waals surface area contributed by atoms with E-state index in [2.05, 4.69) is 18.8 Å². The van der Waals surface area contributed by atoms with Crippen molar-refractivity contribution in [3.05, 3.63) is 16.6 Å². The fraction of sp³-hybridized carbons (Fsp3) is 0.667. The van der Waals surface area contributed by atoms with Crippen LogP contribution in [0, 0.1) is 0 Å². The van der Waals surface area contributed by atoms with Gasteiger partial charge < -0.3 is 0 Å². The van der Waals surface area contributed by atoms with Crippen LogP contribution in [0.1, 0.15) is 45.9 Å². The zero-order chi connectivity index (χ0) is 7.98. The molecule has 0 aliphatic carbocycles. The minimum atomic E-state index is 0. The Morgan fingerprint density at radius 3 is 2.00 bits per heavy atom. The molecule has 0 N–H and O–H groups in total. The summed E-state index contributed by atoms with van der Waals surface area (Å²) in [6.07, 6.45) is 1.93. The molecule has 0 aliphatic rings. The summed E-state index contributed by atoms with van der Waals surface area (Å²) in [5.41, 5.74) is 1.87. The van der Waals surface area contributed by atoms with Crippen molar-refractivity contribution in [1.82, 2.24) is 4.98 Å². The van der Waals surface area contributed by atoms with Gasteiger partial charge in [0.25, 0.3) is 0 Å². The van der Waals surface area contributed by atoms with E-state index in [0.717, 1.165) is 0 Å². The van der Waals surface area contributed by atoms with Gasteiger partial charge >= 0.3 is 0 Å². The summed E-state index contributed by atoms with van der Waals surface area (Å²) in [5, 5.41) is 0. The van der Waals surface area contributed by atoms with Crippen molar-refractivity contribution >= 4 is 24.8 Å². The molecule has 0 radical (unpaired) electrons. The van der Waals surface area contributed by atoms with Gasteiger partial charge in [-0.15, -0.1) is 11.3 Å². The fourth-order valence-corrected chi connectivity index (χ4v) is 1.15. The van der Waals surface area contributed by atoms with Crippen molar-refractivity contribution in [3.63, 3.8) is 0 Å². The maximum absolute atomic E-state index is 3.96. The quantitative estimate of drug-likeness (QED) is 0.677. The second-order valence-electron chi connectivity index (χ2n) is 2.06. The van der Waals surface area contributed by atoms with Gasteiger partial charge in [-0.25, -0.2) is 0 Å². The average molecular weight is 207 g/mol. The Labute approximate surface area is 87.7 Å². The van der Waals surface area contributed by atoms with Crippen LogP contribution in [0.2, 0.25) is 0 Å². The summed E-state index contributed by atoms with van der Waals surface area (Å²) in [6, 6.07) is 0. The number of thiazole rings is 1. The van der Waals surface area contributed by atoms with E-state index in [0.29, 0.717) is 5.92 Å². The van der Waals surface area contributed by atoms with Gasteiger partial charge in [0.05, 0.1) is 5.51 Å². The molecule has 0 saturated carbocycles. The van der Waals surface area contributed by atoms with Crippen LogP contribution in [0.4, 0.5) is 0 Å². The molecule has 0 aromatic carbocycles. The number of rotatable bonds is 1. The summed E-state index contributed by atoms with van der Waals surface area (Å²) in [4.78, 5) is 5.33. The maximum Gasteiger partial charge on any atom is 0.0794 e. The normalized spacial score (nSPS) is 7.42. The predicted octanol–water partition coefficient (Wildman–Crippen LogP) is 4.04. The Morgan fingerprint density at radius 1 is 1.33 bits per heavy atom. The molecule has 1 heterocycles. The first-order chi connectivity index (χ1) is 4.80. The first-order valence-corrected chi connectivity index (χ1v) is 4.57. The molecule has 0 atom stereocenters. The second kappa shape index (κ2) is 11.0. The van der Waals surface area contributed by atoms with Crippen LogP contribution in [0.25, 0.3) is 0 Å². The zero-order valence-corrected chi connectivity index (χ0v) is 9.40. The van der Waals surface area contributed by atoms with Gasteiger partial charge in [0, 0.05) is 11.1 Å². The number of nitrogens with zero attached hydrogens (tertiary/aromatic N) is 1. The lowest BCUT2D eigenvalue weighted by Crippen LogP contribution is -1.77. The molecule has 0 saturated heterocycles. The minimum Gasteiger partial charge on any atom is -0.253 e. The van der Waals surface area contributed by atoms with E-state index in [-0.39, 0.29) is 20.9 Å². The largest absolute Gasteiger partial charge is 0.253 e. The van der Waals surface area contributed by atoms with Gasteiger partial charge in [-0.3, -0.25) is 4.98 Å². The zero-order valence-electron chi connectivity index (χ0n) is 7.59. The molecular formula is C9H21NS2. The summed E-state index contributed by atoms with van der Waals surface area (Å²) in [6.45, 7) is 8.35. The third-order valence-corrected chi connectivity index (χ3v) is 2.10. The lowest BCUT2D eigenvalue weighted by molar-refractivity contribution is 0.885. The van der Waals surface area contributed by atoms with Crippen LogP contribution in [0.5, 0.6) is 0 Å². The molecule has 0 spiro atoms. The van der Waals surface area contributed by atoms with Crippen molar-refractivity contribution < 1.29 is 0 Å². The van der Waals surface area contributed by atoms with Gasteiger partial charge in [-0.2, -0.15) is 13.5 Å². The molecule has 0 aliphatic heterocycles. The van der Waals surface area contributed by atoms with Gasteiger partial charge in [0.2, 0.25) is 0 Å². The van der Waals surface area contributed by atoms with Crippen LogP contribution in [-0.4, -0.2) is 4.98 Å². The minimum absolute atomic E-state index is 0. The summed E-state index contributed by atoms with van der Waals surface area (Å²) < 4.78 is 0. The van der Waals surface area contributed by atoms with E-state index in [4.69, 9.17) is 0 Å². The molecule has 12 heavy (non-hydrogen) atoms.